The van der Waals surface area contributed by atoms with Crippen LogP contribution in [0.2, 0.25) is 0 Å². The highest BCUT2D eigenvalue weighted by Gasteiger charge is 2.17. The summed E-state index contributed by atoms with van der Waals surface area (Å²) in [5, 5.41) is 14.5. The van der Waals surface area contributed by atoms with Crippen LogP contribution in [-0.4, -0.2) is 26.4 Å². The van der Waals surface area contributed by atoms with Crippen molar-refractivity contribution >= 4 is 34.7 Å². The van der Waals surface area contributed by atoms with E-state index >= 15 is 0 Å². The lowest BCUT2D eigenvalue weighted by atomic mass is 10.1. The van der Waals surface area contributed by atoms with Gasteiger partial charge in [0.15, 0.2) is 11.0 Å². The number of thioether (sulfide) groups is 1. The molecule has 1 amide bonds. The van der Waals surface area contributed by atoms with Crippen LogP contribution in [0, 0.1) is 20.8 Å². The molecule has 2 aromatic heterocycles. The molecule has 0 radical (unpaired) electrons. The van der Waals surface area contributed by atoms with Gasteiger partial charge in [-0.25, -0.2) is 0 Å². The number of carbonyl (C=O) groups is 1. The number of anilines is 1. The normalized spacial score (nSPS) is 11.0. The SMILES string of the molecule is CCc1c(-c2nnc(SCC(=O)Nc3ccc(C)c(C)c3)n2C)csc1C. The number of hydrogen-bond donors (Lipinski definition) is 1. The molecule has 1 aromatic carbocycles. The molecule has 7 heteroatoms. The quantitative estimate of drug-likeness (QED) is 0.606. The average Bonchev–Trinajstić information content (AvgIpc) is 3.18. The zero-order valence-electron chi connectivity index (χ0n) is 16.3. The van der Waals surface area contributed by atoms with Crippen LogP contribution in [0.1, 0.15) is 28.5 Å². The van der Waals surface area contributed by atoms with Gasteiger partial charge in [-0.15, -0.1) is 21.5 Å². The fourth-order valence-corrected chi connectivity index (χ4v) is 4.58. The van der Waals surface area contributed by atoms with Crippen molar-refractivity contribution in [3.05, 3.63) is 45.1 Å². The Morgan fingerprint density at radius 3 is 2.70 bits per heavy atom. The molecule has 27 heavy (non-hydrogen) atoms. The van der Waals surface area contributed by atoms with Gasteiger partial charge >= 0.3 is 0 Å². The van der Waals surface area contributed by atoms with Gasteiger partial charge in [-0.2, -0.15) is 0 Å². The van der Waals surface area contributed by atoms with Gasteiger partial charge < -0.3 is 9.88 Å². The lowest BCUT2D eigenvalue weighted by molar-refractivity contribution is -0.113. The molecular formula is C20H24N4OS2. The first kappa shape index (κ1) is 19.6. The molecule has 0 aliphatic heterocycles. The molecule has 142 valence electrons. The largest absolute Gasteiger partial charge is 0.325 e. The van der Waals surface area contributed by atoms with Crippen LogP contribution in [0.15, 0.2) is 28.7 Å². The standard InChI is InChI=1S/C20H24N4OS2/c1-6-16-14(4)26-10-17(16)19-22-23-20(24(19)5)27-11-18(25)21-15-8-7-12(2)13(3)9-15/h7-10H,6,11H2,1-5H3,(H,21,25). The number of benzene rings is 1. The highest BCUT2D eigenvalue weighted by Crippen LogP contribution is 2.32. The summed E-state index contributed by atoms with van der Waals surface area (Å²) in [7, 11) is 1.95. The van der Waals surface area contributed by atoms with Crippen molar-refractivity contribution in [2.24, 2.45) is 7.05 Å². The van der Waals surface area contributed by atoms with Crippen molar-refractivity contribution in [2.75, 3.05) is 11.1 Å². The summed E-state index contributed by atoms with van der Waals surface area (Å²) in [4.78, 5) is 13.6. The van der Waals surface area contributed by atoms with Gasteiger partial charge in [-0.3, -0.25) is 4.79 Å². The number of carbonyl (C=O) groups excluding carboxylic acids is 1. The second-order valence-electron chi connectivity index (χ2n) is 6.54. The third-order valence-electron chi connectivity index (χ3n) is 4.66. The first-order valence-corrected chi connectivity index (χ1v) is 10.7. The molecule has 3 aromatic rings. The zero-order chi connectivity index (χ0) is 19.6. The van der Waals surface area contributed by atoms with E-state index in [0.29, 0.717) is 5.75 Å². The van der Waals surface area contributed by atoms with E-state index in [1.807, 2.05) is 36.7 Å². The summed E-state index contributed by atoms with van der Waals surface area (Å²) < 4.78 is 1.97. The highest BCUT2D eigenvalue weighted by molar-refractivity contribution is 7.99. The molecule has 0 unspecified atom stereocenters. The maximum atomic E-state index is 12.3. The third kappa shape index (κ3) is 4.25. The van der Waals surface area contributed by atoms with Gasteiger partial charge in [0.05, 0.1) is 5.75 Å². The number of aryl methyl sites for hydroxylation is 3. The van der Waals surface area contributed by atoms with Gasteiger partial charge in [0, 0.05) is 28.6 Å². The van der Waals surface area contributed by atoms with Crippen molar-refractivity contribution in [1.82, 2.24) is 14.8 Å². The van der Waals surface area contributed by atoms with E-state index in [1.165, 1.54) is 27.8 Å². The monoisotopic (exact) mass is 400 g/mol. The van der Waals surface area contributed by atoms with Crippen molar-refractivity contribution < 1.29 is 4.79 Å². The Labute approximate surface area is 168 Å². The molecule has 0 bridgehead atoms. The topological polar surface area (TPSA) is 59.8 Å². The summed E-state index contributed by atoms with van der Waals surface area (Å²) in [5.74, 6) is 1.10. The van der Waals surface area contributed by atoms with Crippen LogP contribution >= 0.6 is 23.1 Å². The van der Waals surface area contributed by atoms with Crippen molar-refractivity contribution in [2.45, 2.75) is 39.3 Å². The molecule has 3 rings (SSSR count). The molecule has 2 heterocycles. The summed E-state index contributed by atoms with van der Waals surface area (Å²) in [6.07, 6.45) is 0.971. The minimum absolute atomic E-state index is 0.0478. The van der Waals surface area contributed by atoms with Gasteiger partial charge in [0.1, 0.15) is 0 Å². The zero-order valence-corrected chi connectivity index (χ0v) is 17.9. The third-order valence-corrected chi connectivity index (χ3v) is 6.63. The Morgan fingerprint density at radius 2 is 2.00 bits per heavy atom. The number of rotatable bonds is 6. The van der Waals surface area contributed by atoms with Gasteiger partial charge in [0.2, 0.25) is 5.91 Å². The molecule has 5 nitrogen and oxygen atoms in total. The molecule has 0 aliphatic rings. The van der Waals surface area contributed by atoms with E-state index in [9.17, 15) is 4.79 Å². The predicted molar refractivity (Wildman–Crippen MR) is 114 cm³/mol. The van der Waals surface area contributed by atoms with E-state index in [2.05, 4.69) is 41.7 Å². The molecule has 0 spiro atoms. The molecular weight excluding hydrogens is 376 g/mol. The van der Waals surface area contributed by atoms with Crippen LogP contribution in [0.3, 0.4) is 0 Å². The number of hydrogen-bond acceptors (Lipinski definition) is 5. The number of aromatic nitrogens is 3. The second kappa shape index (κ2) is 8.27. The van der Waals surface area contributed by atoms with E-state index in [4.69, 9.17) is 0 Å². The van der Waals surface area contributed by atoms with E-state index < -0.39 is 0 Å². The number of amides is 1. The van der Waals surface area contributed by atoms with E-state index in [0.717, 1.165) is 34.2 Å². The summed E-state index contributed by atoms with van der Waals surface area (Å²) in [6.45, 7) is 8.39. The van der Waals surface area contributed by atoms with Gasteiger partial charge in [0.25, 0.3) is 0 Å². The van der Waals surface area contributed by atoms with Gasteiger partial charge in [-0.1, -0.05) is 24.8 Å². The summed E-state index contributed by atoms with van der Waals surface area (Å²) in [5.41, 5.74) is 5.66. The van der Waals surface area contributed by atoms with Crippen LogP contribution in [0.4, 0.5) is 5.69 Å². The number of nitrogens with zero attached hydrogens (tertiary/aromatic N) is 3. The van der Waals surface area contributed by atoms with Crippen LogP contribution in [0.5, 0.6) is 0 Å². The number of nitrogens with one attached hydrogen (secondary N) is 1. The van der Waals surface area contributed by atoms with Crippen molar-refractivity contribution in [3.63, 3.8) is 0 Å². The molecule has 0 saturated heterocycles. The second-order valence-corrected chi connectivity index (χ2v) is 8.57. The highest BCUT2D eigenvalue weighted by atomic mass is 32.2. The Bertz CT molecular complexity index is 975. The summed E-state index contributed by atoms with van der Waals surface area (Å²) >= 11 is 3.14. The van der Waals surface area contributed by atoms with Crippen LogP contribution in [-0.2, 0) is 18.3 Å². The average molecular weight is 401 g/mol. The lowest BCUT2D eigenvalue weighted by Gasteiger charge is -2.08. The van der Waals surface area contributed by atoms with E-state index in [-0.39, 0.29) is 5.91 Å². The molecule has 0 saturated carbocycles. The Balaban J connectivity index is 1.67. The Kier molecular flexibility index (Phi) is 6.01. The molecule has 0 aliphatic carbocycles. The fraction of sp³-hybridized carbons (Fsp3) is 0.350. The molecule has 0 fully saturated rings. The lowest BCUT2D eigenvalue weighted by Crippen LogP contribution is -2.14. The maximum absolute atomic E-state index is 12.3. The number of thiophene rings is 1. The Hall–Kier alpha value is -2.12. The van der Waals surface area contributed by atoms with Gasteiger partial charge in [-0.05, 0) is 56.0 Å². The first-order chi connectivity index (χ1) is 12.9. The minimum Gasteiger partial charge on any atom is -0.325 e. The molecule has 0 atom stereocenters. The van der Waals surface area contributed by atoms with Crippen LogP contribution < -0.4 is 5.32 Å². The van der Waals surface area contributed by atoms with Crippen molar-refractivity contribution in [1.29, 1.82) is 0 Å². The first-order valence-electron chi connectivity index (χ1n) is 8.87. The fourth-order valence-electron chi connectivity index (χ4n) is 2.93. The predicted octanol–water partition coefficient (Wildman–Crippen LogP) is 4.76. The Morgan fingerprint density at radius 1 is 1.22 bits per heavy atom. The van der Waals surface area contributed by atoms with Crippen LogP contribution in [0.25, 0.3) is 11.4 Å². The summed E-state index contributed by atoms with van der Waals surface area (Å²) in [6, 6.07) is 5.93. The maximum Gasteiger partial charge on any atom is 0.234 e. The molecule has 1 N–H and O–H groups in total. The smallest absolute Gasteiger partial charge is 0.234 e. The minimum atomic E-state index is -0.0478. The van der Waals surface area contributed by atoms with E-state index in [1.54, 1.807) is 11.3 Å². The van der Waals surface area contributed by atoms with Crippen molar-refractivity contribution in [3.8, 4) is 11.4 Å².